The van der Waals surface area contributed by atoms with Crippen LogP contribution in [-0.4, -0.2) is 33.6 Å². The Morgan fingerprint density at radius 2 is 1.60 bits per heavy atom. The number of carbonyl (C=O) groups excluding carboxylic acids is 1. The minimum absolute atomic E-state index is 0.00912. The van der Waals surface area contributed by atoms with Gasteiger partial charge in [0, 0.05) is 23.3 Å². The third kappa shape index (κ3) is 8.46. The van der Waals surface area contributed by atoms with Gasteiger partial charge in [-0.05, 0) is 97.0 Å². The van der Waals surface area contributed by atoms with Gasteiger partial charge in [0.2, 0.25) is 5.91 Å². The largest absolute Gasteiger partial charge is 0.497 e. The molecule has 1 amide bonds. The molecule has 1 aromatic heterocycles. The molecule has 0 spiro atoms. The standard InChI is InChI=1S/C42H43Cl2N3O5/c1-3-4-23-47-26-38(35-20-15-32(43)25-36(35)44)45-39(47)37(46-41(50)42(21-5-6-22-42)31-13-18-33(51-2)19-14-31)24-28-9-16-34(17-10-28)52-27-29-7-11-30(12-8-29)40(48)49/h7-20,25-26,37H,3-6,21-24,27H2,1-2H3,(H,46,50)(H,48,49)/t37-/m0/s1. The molecule has 1 atom stereocenters. The molecule has 10 heteroatoms. The summed E-state index contributed by atoms with van der Waals surface area (Å²) in [4.78, 5) is 31.0. The second-order valence-corrected chi connectivity index (χ2v) is 14.2. The van der Waals surface area contributed by atoms with E-state index in [4.69, 9.17) is 37.7 Å². The predicted octanol–water partition coefficient (Wildman–Crippen LogP) is 9.85. The number of hydrogen-bond donors (Lipinski definition) is 2. The first-order valence-corrected chi connectivity index (χ1v) is 18.5. The number of carboxylic acid groups (broad SMARTS) is 1. The molecular formula is C42H43Cl2N3O5. The van der Waals surface area contributed by atoms with Gasteiger partial charge < -0.3 is 24.5 Å². The topological polar surface area (TPSA) is 103 Å². The van der Waals surface area contributed by atoms with Crippen LogP contribution in [0.4, 0.5) is 0 Å². The molecule has 8 nitrogen and oxygen atoms in total. The molecule has 1 aliphatic rings. The zero-order chi connectivity index (χ0) is 36.7. The van der Waals surface area contributed by atoms with Gasteiger partial charge in [-0.2, -0.15) is 0 Å². The molecule has 0 unspecified atom stereocenters. The molecule has 0 bridgehead atoms. The highest BCUT2D eigenvalue weighted by atomic mass is 35.5. The zero-order valence-corrected chi connectivity index (χ0v) is 30.9. The molecule has 1 fully saturated rings. The van der Waals surface area contributed by atoms with Crippen molar-refractivity contribution in [2.75, 3.05) is 7.11 Å². The number of rotatable bonds is 15. The Morgan fingerprint density at radius 3 is 2.23 bits per heavy atom. The molecule has 1 saturated carbocycles. The van der Waals surface area contributed by atoms with Crippen molar-refractivity contribution in [2.24, 2.45) is 0 Å². The molecular weight excluding hydrogens is 697 g/mol. The molecule has 0 radical (unpaired) electrons. The molecule has 6 rings (SSSR count). The highest BCUT2D eigenvalue weighted by Gasteiger charge is 2.43. The molecule has 1 aliphatic carbocycles. The fourth-order valence-electron chi connectivity index (χ4n) is 6.95. The fraction of sp³-hybridized carbons (Fsp3) is 0.310. The summed E-state index contributed by atoms with van der Waals surface area (Å²) in [7, 11) is 1.64. The number of unbranched alkanes of at least 4 members (excludes halogenated alkanes) is 1. The summed E-state index contributed by atoms with van der Waals surface area (Å²) in [6.07, 6.45) is 7.93. The fourth-order valence-corrected chi connectivity index (χ4v) is 7.45. The monoisotopic (exact) mass is 739 g/mol. The van der Waals surface area contributed by atoms with Crippen LogP contribution >= 0.6 is 23.2 Å². The minimum Gasteiger partial charge on any atom is -0.497 e. The number of aromatic carboxylic acids is 1. The van der Waals surface area contributed by atoms with Crippen LogP contribution in [0.15, 0.2) is 97.2 Å². The van der Waals surface area contributed by atoms with E-state index in [1.807, 2.05) is 60.8 Å². The molecule has 0 saturated heterocycles. The summed E-state index contributed by atoms with van der Waals surface area (Å²) >= 11 is 12.9. The number of carbonyl (C=O) groups is 2. The lowest BCUT2D eigenvalue weighted by atomic mass is 9.77. The van der Waals surface area contributed by atoms with Crippen LogP contribution in [-0.2, 0) is 29.8 Å². The Kier molecular flexibility index (Phi) is 11.9. The van der Waals surface area contributed by atoms with Crippen LogP contribution in [0.1, 0.15) is 84.4 Å². The van der Waals surface area contributed by atoms with Crippen LogP contribution in [0.3, 0.4) is 0 Å². The molecule has 1 heterocycles. The van der Waals surface area contributed by atoms with Crippen molar-refractivity contribution in [2.45, 2.75) is 76.5 Å². The van der Waals surface area contributed by atoms with Gasteiger partial charge in [0.25, 0.3) is 0 Å². The van der Waals surface area contributed by atoms with Gasteiger partial charge >= 0.3 is 5.97 Å². The van der Waals surface area contributed by atoms with E-state index in [0.29, 0.717) is 28.8 Å². The van der Waals surface area contributed by atoms with Crippen LogP contribution < -0.4 is 14.8 Å². The van der Waals surface area contributed by atoms with E-state index in [1.165, 1.54) is 0 Å². The maximum absolute atomic E-state index is 14.7. The van der Waals surface area contributed by atoms with Crippen LogP contribution in [0.2, 0.25) is 10.0 Å². The smallest absolute Gasteiger partial charge is 0.335 e. The zero-order valence-electron chi connectivity index (χ0n) is 29.4. The van der Waals surface area contributed by atoms with Crippen molar-refractivity contribution in [3.63, 3.8) is 0 Å². The SMILES string of the molecule is CCCCn1cc(-c2ccc(Cl)cc2Cl)nc1[C@H](Cc1ccc(OCc2ccc(C(=O)O)cc2)cc1)NC(=O)C1(c2ccc(OC)cc2)CCCC1. The van der Waals surface area contributed by atoms with E-state index in [1.54, 1.807) is 43.5 Å². The molecule has 5 aromatic rings. The number of nitrogens with one attached hydrogen (secondary N) is 1. The second kappa shape index (κ2) is 16.7. The van der Waals surface area contributed by atoms with Crippen molar-refractivity contribution in [1.82, 2.24) is 14.9 Å². The quantitative estimate of drug-likeness (QED) is 0.111. The number of halogens is 2. The van der Waals surface area contributed by atoms with Crippen molar-refractivity contribution < 1.29 is 24.2 Å². The third-order valence-electron chi connectivity index (χ3n) is 9.89. The number of aryl methyl sites for hydroxylation is 1. The van der Waals surface area contributed by atoms with Gasteiger partial charge in [-0.25, -0.2) is 9.78 Å². The van der Waals surface area contributed by atoms with Gasteiger partial charge in [-0.3, -0.25) is 4.79 Å². The van der Waals surface area contributed by atoms with Crippen LogP contribution in [0, 0.1) is 0 Å². The van der Waals surface area contributed by atoms with E-state index in [9.17, 15) is 14.7 Å². The van der Waals surface area contributed by atoms with Gasteiger partial charge in [-0.1, -0.05) is 85.8 Å². The minimum atomic E-state index is -0.963. The highest BCUT2D eigenvalue weighted by Crippen LogP contribution is 2.43. The number of carboxylic acids is 1. The number of aromatic nitrogens is 2. The van der Waals surface area contributed by atoms with Crippen molar-refractivity contribution in [3.8, 4) is 22.8 Å². The normalized spacial score (nSPS) is 14.2. The average molecular weight is 741 g/mol. The number of methoxy groups -OCH3 is 1. The molecule has 52 heavy (non-hydrogen) atoms. The highest BCUT2D eigenvalue weighted by molar-refractivity contribution is 6.36. The number of nitrogens with zero attached hydrogens (tertiary/aromatic N) is 2. The maximum Gasteiger partial charge on any atom is 0.335 e. The number of ether oxygens (including phenoxy) is 2. The Bertz CT molecular complexity index is 1990. The average Bonchev–Trinajstić information content (AvgIpc) is 3.83. The molecule has 2 N–H and O–H groups in total. The molecule has 270 valence electrons. The Morgan fingerprint density at radius 1 is 0.923 bits per heavy atom. The summed E-state index contributed by atoms with van der Waals surface area (Å²) in [5.74, 6) is 1.22. The predicted molar refractivity (Wildman–Crippen MR) is 204 cm³/mol. The van der Waals surface area contributed by atoms with E-state index < -0.39 is 17.4 Å². The summed E-state index contributed by atoms with van der Waals surface area (Å²) in [6, 6.07) is 27.3. The Balaban J connectivity index is 1.31. The lowest BCUT2D eigenvalue weighted by Crippen LogP contribution is -2.45. The Labute approximate surface area is 314 Å². The van der Waals surface area contributed by atoms with Crippen LogP contribution in [0.5, 0.6) is 11.5 Å². The van der Waals surface area contributed by atoms with E-state index in [-0.39, 0.29) is 11.5 Å². The van der Waals surface area contributed by atoms with Crippen molar-refractivity contribution >= 4 is 35.1 Å². The number of imidazole rings is 1. The van der Waals surface area contributed by atoms with Gasteiger partial charge in [0.15, 0.2) is 0 Å². The van der Waals surface area contributed by atoms with Crippen molar-refractivity contribution in [1.29, 1.82) is 0 Å². The van der Waals surface area contributed by atoms with Crippen molar-refractivity contribution in [3.05, 3.63) is 135 Å². The van der Waals surface area contributed by atoms with Gasteiger partial charge in [0.05, 0.1) is 34.8 Å². The first-order chi connectivity index (χ1) is 25.2. The first kappa shape index (κ1) is 37.0. The second-order valence-electron chi connectivity index (χ2n) is 13.3. The summed E-state index contributed by atoms with van der Waals surface area (Å²) < 4.78 is 13.6. The van der Waals surface area contributed by atoms with E-state index in [0.717, 1.165) is 84.6 Å². The van der Waals surface area contributed by atoms with E-state index in [2.05, 4.69) is 16.8 Å². The maximum atomic E-state index is 14.7. The number of hydrogen-bond acceptors (Lipinski definition) is 5. The van der Waals surface area contributed by atoms with E-state index >= 15 is 0 Å². The lowest BCUT2D eigenvalue weighted by Gasteiger charge is -2.31. The molecule has 0 aliphatic heterocycles. The lowest BCUT2D eigenvalue weighted by molar-refractivity contribution is -0.127. The summed E-state index contributed by atoms with van der Waals surface area (Å²) in [6.45, 7) is 3.19. The third-order valence-corrected chi connectivity index (χ3v) is 10.4. The van der Waals surface area contributed by atoms with Crippen LogP contribution in [0.25, 0.3) is 11.3 Å². The first-order valence-electron chi connectivity index (χ1n) is 17.7. The number of amides is 1. The number of benzene rings is 4. The van der Waals surface area contributed by atoms with Gasteiger partial charge in [0.1, 0.15) is 23.9 Å². The Hall–Kier alpha value is -4.79. The van der Waals surface area contributed by atoms with Gasteiger partial charge in [-0.15, -0.1) is 0 Å². The molecule has 4 aromatic carbocycles. The summed E-state index contributed by atoms with van der Waals surface area (Å²) in [5.41, 5.74) is 3.93. The summed E-state index contributed by atoms with van der Waals surface area (Å²) in [5, 5.41) is 13.7.